The van der Waals surface area contributed by atoms with Gasteiger partial charge in [0, 0.05) is 17.9 Å². The van der Waals surface area contributed by atoms with Crippen LogP contribution in [0.5, 0.6) is 0 Å². The van der Waals surface area contributed by atoms with Gasteiger partial charge < -0.3 is 5.32 Å². The van der Waals surface area contributed by atoms with Crippen molar-refractivity contribution in [2.24, 2.45) is 0 Å². The first-order chi connectivity index (χ1) is 16.0. The quantitative estimate of drug-likeness (QED) is 0.592. The number of halogens is 1. The van der Waals surface area contributed by atoms with Crippen molar-refractivity contribution in [3.05, 3.63) is 77.9 Å². The molecule has 0 aliphatic heterocycles. The third kappa shape index (κ3) is 5.45. The molecule has 1 aliphatic carbocycles. The number of benzene rings is 2. The Labute approximate surface area is 192 Å². The standard InChI is InChI=1S/C25H28FN5O2/c1-18-8-5-6-13-22(18)24(25(33)28-20-10-3-2-4-11-20)31(21-12-7-9-19(26)16-21)23(32)17-30-15-14-27-29-30/h5-9,12-16,20,24H,2-4,10-11,17H2,1H3,(H,28,33). The Kier molecular flexibility index (Phi) is 7.12. The highest BCUT2D eigenvalue weighted by atomic mass is 19.1. The Balaban J connectivity index is 1.76. The average Bonchev–Trinajstić information content (AvgIpc) is 3.31. The van der Waals surface area contributed by atoms with Crippen LogP contribution in [0, 0.1) is 12.7 Å². The van der Waals surface area contributed by atoms with E-state index in [-0.39, 0.29) is 18.5 Å². The van der Waals surface area contributed by atoms with Crippen LogP contribution in [0.4, 0.5) is 10.1 Å². The molecular formula is C25H28FN5O2. The largest absolute Gasteiger partial charge is 0.351 e. The molecule has 172 valence electrons. The number of aromatic nitrogens is 3. The van der Waals surface area contributed by atoms with Crippen LogP contribution in [0.1, 0.15) is 49.3 Å². The van der Waals surface area contributed by atoms with Crippen molar-refractivity contribution in [1.82, 2.24) is 20.3 Å². The zero-order chi connectivity index (χ0) is 23.2. The molecule has 1 N–H and O–H groups in total. The zero-order valence-electron chi connectivity index (χ0n) is 18.7. The number of rotatable bonds is 7. The van der Waals surface area contributed by atoms with Gasteiger partial charge in [-0.1, -0.05) is 54.8 Å². The zero-order valence-corrected chi connectivity index (χ0v) is 18.7. The molecule has 0 bridgehead atoms. The van der Waals surface area contributed by atoms with Crippen LogP contribution in [-0.2, 0) is 16.1 Å². The summed E-state index contributed by atoms with van der Waals surface area (Å²) in [6.07, 6.45) is 8.19. The molecule has 8 heteroatoms. The van der Waals surface area contributed by atoms with Gasteiger partial charge in [-0.05, 0) is 49.1 Å². The van der Waals surface area contributed by atoms with Crippen LogP contribution in [0.25, 0.3) is 0 Å². The lowest BCUT2D eigenvalue weighted by Gasteiger charge is -2.34. The first kappa shape index (κ1) is 22.6. The minimum Gasteiger partial charge on any atom is -0.351 e. The van der Waals surface area contributed by atoms with Crippen LogP contribution >= 0.6 is 0 Å². The van der Waals surface area contributed by atoms with Crippen LogP contribution < -0.4 is 10.2 Å². The van der Waals surface area contributed by atoms with Crippen molar-refractivity contribution in [3.63, 3.8) is 0 Å². The molecule has 3 aromatic rings. The van der Waals surface area contributed by atoms with Crippen LogP contribution in [0.2, 0.25) is 0 Å². The highest BCUT2D eigenvalue weighted by Gasteiger charge is 2.35. The van der Waals surface area contributed by atoms with Gasteiger partial charge in [0.05, 0.1) is 6.20 Å². The topological polar surface area (TPSA) is 80.1 Å². The molecule has 1 atom stereocenters. The Bertz CT molecular complexity index is 1100. The lowest BCUT2D eigenvalue weighted by molar-refractivity contribution is -0.127. The van der Waals surface area contributed by atoms with Crippen LogP contribution in [0.3, 0.4) is 0 Å². The van der Waals surface area contributed by atoms with E-state index in [0.29, 0.717) is 11.3 Å². The molecule has 1 aliphatic rings. The molecule has 0 spiro atoms. The first-order valence-electron chi connectivity index (χ1n) is 11.3. The fourth-order valence-corrected chi connectivity index (χ4v) is 4.41. The lowest BCUT2D eigenvalue weighted by atomic mass is 9.93. The van der Waals surface area contributed by atoms with Crippen molar-refractivity contribution in [2.75, 3.05) is 4.90 Å². The summed E-state index contributed by atoms with van der Waals surface area (Å²) in [5, 5.41) is 10.8. The van der Waals surface area contributed by atoms with E-state index >= 15 is 0 Å². The van der Waals surface area contributed by atoms with Crippen molar-refractivity contribution in [3.8, 4) is 0 Å². The number of amides is 2. The van der Waals surface area contributed by atoms with E-state index in [0.717, 1.165) is 31.2 Å². The Hall–Kier alpha value is -3.55. The second kappa shape index (κ2) is 10.4. The minimum atomic E-state index is -0.953. The summed E-state index contributed by atoms with van der Waals surface area (Å²) in [6.45, 7) is 1.78. The number of anilines is 1. The second-order valence-electron chi connectivity index (χ2n) is 8.45. The Morgan fingerprint density at radius 3 is 2.64 bits per heavy atom. The van der Waals surface area contributed by atoms with E-state index in [1.54, 1.807) is 12.3 Å². The normalized spacial score (nSPS) is 15.1. The van der Waals surface area contributed by atoms with E-state index < -0.39 is 17.8 Å². The number of nitrogens with one attached hydrogen (secondary N) is 1. The van der Waals surface area contributed by atoms with Gasteiger partial charge >= 0.3 is 0 Å². The van der Waals surface area contributed by atoms with Gasteiger partial charge in [-0.3, -0.25) is 14.5 Å². The molecule has 1 saturated carbocycles. The summed E-state index contributed by atoms with van der Waals surface area (Å²) in [7, 11) is 0. The van der Waals surface area contributed by atoms with Crippen LogP contribution in [0.15, 0.2) is 60.9 Å². The monoisotopic (exact) mass is 449 g/mol. The highest BCUT2D eigenvalue weighted by Crippen LogP contribution is 2.31. The summed E-state index contributed by atoms with van der Waals surface area (Å²) < 4.78 is 15.6. The molecule has 1 aromatic heterocycles. The fourth-order valence-electron chi connectivity index (χ4n) is 4.41. The molecule has 33 heavy (non-hydrogen) atoms. The van der Waals surface area contributed by atoms with E-state index in [1.807, 2.05) is 31.2 Å². The maximum Gasteiger partial charge on any atom is 0.249 e. The smallest absolute Gasteiger partial charge is 0.249 e. The molecule has 1 unspecified atom stereocenters. The predicted molar refractivity (Wildman–Crippen MR) is 123 cm³/mol. The molecule has 7 nitrogen and oxygen atoms in total. The van der Waals surface area contributed by atoms with E-state index in [9.17, 15) is 14.0 Å². The van der Waals surface area contributed by atoms with Gasteiger partial charge in [0.1, 0.15) is 18.4 Å². The molecule has 2 amide bonds. The molecular weight excluding hydrogens is 421 g/mol. The van der Waals surface area contributed by atoms with E-state index in [2.05, 4.69) is 15.6 Å². The summed E-state index contributed by atoms with van der Waals surface area (Å²) in [5.74, 6) is -1.15. The third-order valence-electron chi connectivity index (χ3n) is 6.07. The van der Waals surface area contributed by atoms with Crippen molar-refractivity contribution < 1.29 is 14.0 Å². The van der Waals surface area contributed by atoms with Gasteiger partial charge in [0.15, 0.2) is 0 Å². The van der Waals surface area contributed by atoms with Gasteiger partial charge in [0.2, 0.25) is 11.8 Å². The first-order valence-corrected chi connectivity index (χ1v) is 11.3. The Morgan fingerprint density at radius 2 is 1.94 bits per heavy atom. The lowest BCUT2D eigenvalue weighted by Crippen LogP contribution is -2.48. The predicted octanol–water partition coefficient (Wildman–Crippen LogP) is 3.95. The molecule has 2 aromatic carbocycles. The molecule has 4 rings (SSSR count). The second-order valence-corrected chi connectivity index (χ2v) is 8.45. The summed E-state index contributed by atoms with van der Waals surface area (Å²) in [6, 6.07) is 12.4. The molecule has 1 heterocycles. The average molecular weight is 450 g/mol. The van der Waals surface area contributed by atoms with Gasteiger partial charge in [0.25, 0.3) is 0 Å². The van der Waals surface area contributed by atoms with Crippen LogP contribution in [-0.4, -0.2) is 32.9 Å². The van der Waals surface area contributed by atoms with Gasteiger partial charge in [-0.15, -0.1) is 5.10 Å². The number of hydrogen-bond acceptors (Lipinski definition) is 4. The summed E-state index contributed by atoms with van der Waals surface area (Å²) >= 11 is 0. The SMILES string of the molecule is Cc1ccccc1C(C(=O)NC1CCCCC1)N(C(=O)Cn1ccnn1)c1cccc(F)c1. The maximum atomic E-state index is 14.2. The van der Waals surface area contributed by atoms with Crippen molar-refractivity contribution in [2.45, 2.75) is 57.7 Å². The van der Waals surface area contributed by atoms with Crippen molar-refractivity contribution >= 4 is 17.5 Å². The molecule has 0 saturated heterocycles. The number of hydrogen-bond donors (Lipinski definition) is 1. The van der Waals surface area contributed by atoms with Crippen molar-refractivity contribution in [1.29, 1.82) is 0 Å². The van der Waals surface area contributed by atoms with Gasteiger partial charge in [-0.25, -0.2) is 9.07 Å². The number of carbonyl (C=O) groups is 2. The summed E-state index contributed by atoms with van der Waals surface area (Å²) in [5.41, 5.74) is 1.88. The molecule has 0 radical (unpaired) electrons. The van der Waals surface area contributed by atoms with Gasteiger partial charge in [-0.2, -0.15) is 0 Å². The highest BCUT2D eigenvalue weighted by molar-refractivity contribution is 6.01. The maximum absolute atomic E-state index is 14.2. The third-order valence-corrected chi connectivity index (χ3v) is 6.07. The fraction of sp³-hybridized carbons (Fsp3) is 0.360. The minimum absolute atomic E-state index is 0.0672. The Morgan fingerprint density at radius 1 is 1.15 bits per heavy atom. The summed E-state index contributed by atoms with van der Waals surface area (Å²) in [4.78, 5) is 28.7. The number of nitrogens with zero attached hydrogens (tertiary/aromatic N) is 4. The number of aryl methyl sites for hydroxylation is 1. The van der Waals surface area contributed by atoms with E-state index in [4.69, 9.17) is 0 Å². The number of carbonyl (C=O) groups excluding carboxylic acids is 2. The van der Waals surface area contributed by atoms with E-state index in [1.165, 1.54) is 40.4 Å². The molecule has 1 fully saturated rings.